The van der Waals surface area contributed by atoms with Crippen molar-refractivity contribution in [1.29, 1.82) is 0 Å². The molecule has 2 amide bonds. The lowest BCUT2D eigenvalue weighted by molar-refractivity contribution is 0.193. The number of amides is 2. The molecule has 33 heavy (non-hydrogen) atoms. The zero-order valence-corrected chi connectivity index (χ0v) is 19.3. The van der Waals surface area contributed by atoms with E-state index in [1.54, 1.807) is 46.6 Å². The van der Waals surface area contributed by atoms with Crippen LogP contribution in [0.15, 0.2) is 60.7 Å². The van der Waals surface area contributed by atoms with Crippen molar-refractivity contribution in [3.05, 3.63) is 77.4 Å². The van der Waals surface area contributed by atoms with Gasteiger partial charge in [0.1, 0.15) is 11.5 Å². The predicted molar refractivity (Wildman–Crippen MR) is 127 cm³/mol. The van der Waals surface area contributed by atoms with E-state index < -0.39 is 0 Å². The molecule has 1 atom stereocenters. The molecule has 0 bridgehead atoms. The first-order chi connectivity index (χ1) is 16.1. The number of rotatable bonds is 6. The molecule has 0 radical (unpaired) electrons. The summed E-state index contributed by atoms with van der Waals surface area (Å²) in [6.45, 7) is 0.548. The number of urea groups is 1. The quantitative estimate of drug-likeness (QED) is 0.581. The second kappa shape index (κ2) is 9.73. The summed E-state index contributed by atoms with van der Waals surface area (Å²) in [5.41, 5.74) is 3.74. The van der Waals surface area contributed by atoms with E-state index >= 15 is 0 Å². The molecule has 7 nitrogen and oxygen atoms in total. The normalized spacial score (nSPS) is 14.8. The van der Waals surface area contributed by atoms with E-state index in [1.807, 2.05) is 47.4 Å². The van der Waals surface area contributed by atoms with Crippen LogP contribution in [0.25, 0.3) is 0 Å². The van der Waals surface area contributed by atoms with Crippen molar-refractivity contribution in [2.45, 2.75) is 12.5 Å². The first-order valence-corrected chi connectivity index (χ1v) is 10.7. The lowest BCUT2D eigenvalue weighted by Gasteiger charge is -2.38. The summed E-state index contributed by atoms with van der Waals surface area (Å²) in [5.74, 6) is 2.50. The van der Waals surface area contributed by atoms with Gasteiger partial charge in [-0.2, -0.15) is 0 Å². The lowest BCUT2D eigenvalue weighted by atomic mass is 9.88. The van der Waals surface area contributed by atoms with Crippen molar-refractivity contribution in [2.24, 2.45) is 0 Å². The second-order valence-corrected chi connectivity index (χ2v) is 7.66. The number of carbonyl (C=O) groups is 1. The summed E-state index contributed by atoms with van der Waals surface area (Å²) in [6, 6.07) is 18.8. The third kappa shape index (κ3) is 4.39. The summed E-state index contributed by atoms with van der Waals surface area (Å²) >= 11 is 0. The molecule has 1 N–H and O–H groups in total. The molecule has 1 unspecified atom stereocenters. The van der Waals surface area contributed by atoms with Crippen LogP contribution >= 0.6 is 0 Å². The van der Waals surface area contributed by atoms with E-state index in [4.69, 9.17) is 18.9 Å². The van der Waals surface area contributed by atoms with Gasteiger partial charge < -0.3 is 29.2 Å². The average Bonchev–Trinajstić information content (AvgIpc) is 2.87. The van der Waals surface area contributed by atoms with Crippen LogP contribution in [0, 0.1) is 0 Å². The fraction of sp³-hybridized carbons (Fsp3) is 0.269. The van der Waals surface area contributed by atoms with Crippen LogP contribution in [-0.4, -0.2) is 45.9 Å². The van der Waals surface area contributed by atoms with E-state index in [9.17, 15) is 4.79 Å². The molecule has 1 aliphatic heterocycles. The first kappa shape index (κ1) is 22.3. The largest absolute Gasteiger partial charge is 0.497 e. The zero-order valence-electron chi connectivity index (χ0n) is 19.3. The van der Waals surface area contributed by atoms with E-state index in [2.05, 4.69) is 5.32 Å². The number of hydrogen-bond acceptors (Lipinski definition) is 5. The Hall–Kier alpha value is -3.87. The predicted octanol–water partition coefficient (Wildman–Crippen LogP) is 4.90. The summed E-state index contributed by atoms with van der Waals surface area (Å²) in [4.78, 5) is 15.4. The van der Waals surface area contributed by atoms with Crippen molar-refractivity contribution >= 4 is 11.7 Å². The number of ether oxygens (including phenoxy) is 4. The number of carbonyl (C=O) groups excluding carboxylic acids is 1. The Balaban J connectivity index is 1.73. The Morgan fingerprint density at radius 1 is 0.848 bits per heavy atom. The van der Waals surface area contributed by atoms with Crippen LogP contribution in [-0.2, 0) is 6.42 Å². The van der Waals surface area contributed by atoms with Gasteiger partial charge in [-0.1, -0.05) is 30.3 Å². The van der Waals surface area contributed by atoms with Crippen molar-refractivity contribution in [3.8, 4) is 23.0 Å². The Bertz CT molecular complexity index is 1130. The minimum Gasteiger partial charge on any atom is -0.497 e. The number of methoxy groups -OCH3 is 4. The smallest absolute Gasteiger partial charge is 0.322 e. The highest BCUT2D eigenvalue weighted by molar-refractivity contribution is 5.92. The van der Waals surface area contributed by atoms with Crippen LogP contribution < -0.4 is 24.3 Å². The first-order valence-electron chi connectivity index (χ1n) is 10.7. The van der Waals surface area contributed by atoms with E-state index in [-0.39, 0.29) is 12.1 Å². The Morgan fingerprint density at radius 3 is 2.21 bits per heavy atom. The Morgan fingerprint density at radius 2 is 1.55 bits per heavy atom. The van der Waals surface area contributed by atoms with Gasteiger partial charge in [0.05, 0.1) is 40.2 Å². The molecule has 7 heteroatoms. The van der Waals surface area contributed by atoms with Crippen LogP contribution in [0.5, 0.6) is 23.0 Å². The van der Waals surface area contributed by atoms with Gasteiger partial charge >= 0.3 is 6.03 Å². The average molecular weight is 449 g/mol. The monoisotopic (exact) mass is 448 g/mol. The molecular weight excluding hydrogens is 420 g/mol. The molecular formula is C26H28N2O5. The maximum absolute atomic E-state index is 13.5. The molecule has 172 valence electrons. The van der Waals surface area contributed by atoms with Gasteiger partial charge in [-0.3, -0.25) is 0 Å². The van der Waals surface area contributed by atoms with Gasteiger partial charge in [-0.25, -0.2) is 4.79 Å². The topological polar surface area (TPSA) is 69.3 Å². The van der Waals surface area contributed by atoms with Gasteiger partial charge in [-0.15, -0.1) is 0 Å². The van der Waals surface area contributed by atoms with Crippen molar-refractivity contribution < 1.29 is 23.7 Å². The molecule has 3 aromatic carbocycles. The fourth-order valence-corrected chi connectivity index (χ4v) is 4.25. The van der Waals surface area contributed by atoms with Gasteiger partial charge in [0.2, 0.25) is 0 Å². The fourth-order valence-electron chi connectivity index (χ4n) is 4.25. The molecule has 0 fully saturated rings. The molecule has 3 aromatic rings. The van der Waals surface area contributed by atoms with Gasteiger partial charge in [0.25, 0.3) is 0 Å². The zero-order chi connectivity index (χ0) is 23.4. The molecule has 4 rings (SSSR count). The molecule has 0 saturated heterocycles. The Kier molecular flexibility index (Phi) is 6.58. The lowest BCUT2D eigenvalue weighted by Crippen LogP contribution is -2.43. The standard InChI is InChI=1S/C26H28N2O5/c1-30-19-10-11-21(22(15-19)31-2)27-26(29)28-13-12-18-14-23(32-3)24(33-4)16-20(18)25(28)17-8-6-5-7-9-17/h5-11,14-16,25H,12-13H2,1-4H3,(H,27,29). The van der Waals surface area contributed by atoms with Gasteiger partial charge in [0, 0.05) is 12.6 Å². The summed E-state index contributed by atoms with van der Waals surface area (Å²) < 4.78 is 21.8. The van der Waals surface area contributed by atoms with Crippen LogP contribution in [0.4, 0.5) is 10.5 Å². The maximum Gasteiger partial charge on any atom is 0.322 e. The van der Waals surface area contributed by atoms with E-state index in [1.165, 1.54) is 0 Å². The number of nitrogens with one attached hydrogen (secondary N) is 1. The van der Waals surface area contributed by atoms with Crippen LogP contribution in [0.3, 0.4) is 0 Å². The third-order valence-electron chi connectivity index (χ3n) is 5.90. The van der Waals surface area contributed by atoms with Gasteiger partial charge in [0.15, 0.2) is 11.5 Å². The molecule has 0 aromatic heterocycles. The van der Waals surface area contributed by atoms with E-state index in [0.717, 1.165) is 16.7 Å². The summed E-state index contributed by atoms with van der Waals surface area (Å²) in [7, 11) is 6.40. The van der Waals surface area contributed by atoms with Crippen LogP contribution in [0.2, 0.25) is 0 Å². The molecule has 0 saturated carbocycles. The van der Waals surface area contributed by atoms with E-state index in [0.29, 0.717) is 41.7 Å². The molecule has 1 heterocycles. The molecule has 0 aliphatic carbocycles. The highest BCUT2D eigenvalue weighted by Gasteiger charge is 2.33. The Labute approximate surface area is 193 Å². The number of anilines is 1. The third-order valence-corrected chi connectivity index (χ3v) is 5.90. The maximum atomic E-state index is 13.5. The van der Waals surface area contributed by atoms with Crippen molar-refractivity contribution in [1.82, 2.24) is 4.90 Å². The summed E-state index contributed by atoms with van der Waals surface area (Å²) in [5, 5.41) is 3.01. The number of fused-ring (bicyclic) bond motifs is 1. The van der Waals surface area contributed by atoms with Crippen LogP contribution in [0.1, 0.15) is 22.7 Å². The van der Waals surface area contributed by atoms with Gasteiger partial charge in [-0.05, 0) is 47.4 Å². The highest BCUT2D eigenvalue weighted by atomic mass is 16.5. The minimum absolute atomic E-state index is 0.215. The number of hydrogen-bond donors (Lipinski definition) is 1. The second-order valence-electron chi connectivity index (χ2n) is 7.66. The van der Waals surface area contributed by atoms with Crippen molar-refractivity contribution in [2.75, 3.05) is 40.3 Å². The number of benzene rings is 3. The SMILES string of the molecule is COc1ccc(NC(=O)N2CCc3cc(OC)c(OC)cc3C2c2ccccc2)c(OC)c1. The number of nitrogens with zero attached hydrogens (tertiary/aromatic N) is 1. The van der Waals surface area contributed by atoms with Crippen molar-refractivity contribution in [3.63, 3.8) is 0 Å². The minimum atomic E-state index is -0.279. The molecule has 1 aliphatic rings. The summed E-state index contributed by atoms with van der Waals surface area (Å²) in [6.07, 6.45) is 0.701. The highest BCUT2D eigenvalue weighted by Crippen LogP contribution is 2.41. The molecule has 0 spiro atoms.